The molecule has 1 heterocycles. The van der Waals surface area contributed by atoms with Crippen LogP contribution in [0.5, 0.6) is 0 Å². The first kappa shape index (κ1) is 11.9. The van der Waals surface area contributed by atoms with Crippen LogP contribution in [0.4, 0.5) is 0 Å². The maximum Gasteiger partial charge on any atom is 0.0409 e. The van der Waals surface area contributed by atoms with Crippen molar-refractivity contribution >= 4 is 11.6 Å². The van der Waals surface area contributed by atoms with Crippen LogP contribution in [0.3, 0.4) is 0 Å². The van der Waals surface area contributed by atoms with E-state index < -0.39 is 0 Å². The normalized spacial score (nSPS) is 20.9. The molecule has 1 radical (unpaired) electrons. The third kappa shape index (κ3) is 2.76. The van der Waals surface area contributed by atoms with E-state index in [9.17, 15) is 0 Å². The van der Waals surface area contributed by atoms with Gasteiger partial charge in [0.15, 0.2) is 0 Å². The predicted molar refractivity (Wildman–Crippen MR) is 68.6 cm³/mol. The average molecular weight is 238 g/mol. The van der Waals surface area contributed by atoms with E-state index >= 15 is 0 Å². The number of piperazine rings is 1. The fourth-order valence-electron chi connectivity index (χ4n) is 2.06. The molecule has 0 saturated carbocycles. The largest absolute Gasteiger partial charge is 0.304 e. The molecule has 87 valence electrons. The predicted octanol–water partition coefficient (Wildman–Crippen LogP) is 2.46. The van der Waals surface area contributed by atoms with E-state index in [0.29, 0.717) is 0 Å². The van der Waals surface area contributed by atoms with Crippen LogP contribution < -0.4 is 0 Å². The number of benzene rings is 1. The molecule has 1 unspecified atom stereocenters. The van der Waals surface area contributed by atoms with Gasteiger partial charge in [0.1, 0.15) is 0 Å². The van der Waals surface area contributed by atoms with Crippen molar-refractivity contribution < 1.29 is 0 Å². The summed E-state index contributed by atoms with van der Waals surface area (Å²) in [4.78, 5) is 4.76. The summed E-state index contributed by atoms with van der Waals surface area (Å²) in [6, 6.07) is 8.22. The third-order valence-corrected chi connectivity index (χ3v) is 3.45. The lowest BCUT2D eigenvalue weighted by Gasteiger charge is -2.36. The van der Waals surface area contributed by atoms with Crippen molar-refractivity contribution in [3.63, 3.8) is 0 Å². The summed E-state index contributed by atoms with van der Waals surface area (Å²) in [6.07, 6.45) is 0. The van der Waals surface area contributed by atoms with E-state index in [4.69, 9.17) is 11.6 Å². The van der Waals surface area contributed by atoms with Gasteiger partial charge in [-0.2, -0.15) is 0 Å². The van der Waals surface area contributed by atoms with E-state index in [0.717, 1.165) is 31.2 Å². The van der Waals surface area contributed by atoms with Crippen molar-refractivity contribution in [2.24, 2.45) is 0 Å². The molecule has 0 aromatic heterocycles. The molecule has 1 saturated heterocycles. The second kappa shape index (κ2) is 5.17. The van der Waals surface area contributed by atoms with Gasteiger partial charge in [0.25, 0.3) is 0 Å². The van der Waals surface area contributed by atoms with Crippen LogP contribution in [0, 0.1) is 6.92 Å². The molecule has 3 heteroatoms. The lowest BCUT2D eigenvalue weighted by molar-refractivity contribution is 0.129. The summed E-state index contributed by atoms with van der Waals surface area (Å²) in [5, 5.41) is 0.792. The summed E-state index contributed by atoms with van der Waals surface area (Å²) in [6.45, 7) is 8.64. The topological polar surface area (TPSA) is 6.48 Å². The first-order valence-corrected chi connectivity index (χ1v) is 6.06. The zero-order chi connectivity index (χ0) is 11.5. The van der Waals surface area contributed by atoms with E-state index in [2.05, 4.69) is 29.8 Å². The fourth-order valence-corrected chi connectivity index (χ4v) is 2.26. The molecule has 0 N–H and O–H groups in total. The first-order chi connectivity index (χ1) is 7.66. The molecule has 16 heavy (non-hydrogen) atoms. The van der Waals surface area contributed by atoms with Gasteiger partial charge in [-0.1, -0.05) is 23.7 Å². The smallest absolute Gasteiger partial charge is 0.0409 e. The Labute approximate surface area is 103 Å². The van der Waals surface area contributed by atoms with Crippen molar-refractivity contribution in [1.82, 2.24) is 9.80 Å². The highest BCUT2D eigenvalue weighted by Gasteiger charge is 2.20. The average Bonchev–Trinajstić information content (AvgIpc) is 2.29. The third-order valence-electron chi connectivity index (χ3n) is 3.21. The van der Waals surface area contributed by atoms with Crippen LogP contribution in [0.2, 0.25) is 5.02 Å². The number of nitrogens with zero attached hydrogens (tertiary/aromatic N) is 2. The van der Waals surface area contributed by atoms with Gasteiger partial charge in [-0.15, -0.1) is 0 Å². The Morgan fingerprint density at radius 3 is 2.56 bits per heavy atom. The molecule has 0 amide bonds. The second-order valence-corrected chi connectivity index (χ2v) is 4.85. The lowest BCUT2D eigenvalue weighted by atomic mass is 10.1. The van der Waals surface area contributed by atoms with Crippen molar-refractivity contribution in [3.05, 3.63) is 41.8 Å². The number of likely N-dealkylation sites (N-methyl/N-ethyl adjacent to an activating group) is 1. The van der Waals surface area contributed by atoms with Gasteiger partial charge in [-0.05, 0) is 31.7 Å². The van der Waals surface area contributed by atoms with Crippen LogP contribution in [-0.2, 0) is 0 Å². The van der Waals surface area contributed by atoms with Crippen molar-refractivity contribution in [3.8, 4) is 0 Å². The van der Waals surface area contributed by atoms with Crippen molar-refractivity contribution in [2.45, 2.75) is 6.04 Å². The zero-order valence-corrected chi connectivity index (χ0v) is 10.5. The summed E-state index contributed by atoms with van der Waals surface area (Å²) in [7, 11) is 2.16. The molecule has 0 spiro atoms. The Kier molecular flexibility index (Phi) is 3.85. The molecule has 2 rings (SSSR count). The molecule has 0 bridgehead atoms. The van der Waals surface area contributed by atoms with Crippen LogP contribution in [0.1, 0.15) is 11.6 Å². The summed E-state index contributed by atoms with van der Waals surface area (Å²) in [5.74, 6) is 0. The Morgan fingerprint density at radius 2 is 1.94 bits per heavy atom. The zero-order valence-electron chi connectivity index (χ0n) is 9.69. The number of rotatable bonds is 2. The molecule has 1 aliphatic heterocycles. The van der Waals surface area contributed by atoms with Crippen LogP contribution in [-0.4, -0.2) is 43.0 Å². The SMILES string of the molecule is [CH2]C(c1cccc(Cl)c1)N1CCN(C)CC1. The van der Waals surface area contributed by atoms with Crippen LogP contribution in [0.25, 0.3) is 0 Å². The van der Waals surface area contributed by atoms with Gasteiger partial charge >= 0.3 is 0 Å². The Balaban J connectivity index is 2.04. The fraction of sp³-hybridized carbons (Fsp3) is 0.462. The molecule has 1 aliphatic rings. The maximum atomic E-state index is 6.00. The molecule has 2 nitrogen and oxygen atoms in total. The molecule has 1 fully saturated rings. The van der Waals surface area contributed by atoms with Gasteiger partial charge in [0, 0.05) is 37.2 Å². The molecule has 0 aliphatic carbocycles. The summed E-state index contributed by atoms with van der Waals surface area (Å²) >= 11 is 6.00. The van der Waals surface area contributed by atoms with Gasteiger partial charge in [0.2, 0.25) is 0 Å². The monoisotopic (exact) mass is 237 g/mol. The van der Waals surface area contributed by atoms with Gasteiger partial charge in [-0.3, -0.25) is 4.90 Å². The minimum atomic E-state index is 0.215. The number of halogens is 1. The Bertz CT molecular complexity index is 346. The summed E-state index contributed by atoms with van der Waals surface area (Å²) in [5.41, 5.74) is 1.21. The molecular weight excluding hydrogens is 220 g/mol. The molecule has 1 aromatic carbocycles. The van der Waals surface area contributed by atoms with E-state index in [1.165, 1.54) is 5.56 Å². The molecule has 1 atom stereocenters. The minimum Gasteiger partial charge on any atom is -0.304 e. The Morgan fingerprint density at radius 1 is 1.25 bits per heavy atom. The Hall–Kier alpha value is -0.570. The standard InChI is InChI=1S/C13H18ClN2/c1-11(12-4-3-5-13(14)10-12)16-8-6-15(2)7-9-16/h3-5,10-11H,1,6-9H2,2H3. The van der Waals surface area contributed by atoms with Gasteiger partial charge < -0.3 is 4.90 Å². The molecular formula is C13H18ClN2. The lowest BCUT2D eigenvalue weighted by Crippen LogP contribution is -2.45. The number of hydrogen-bond donors (Lipinski definition) is 0. The maximum absolute atomic E-state index is 6.00. The second-order valence-electron chi connectivity index (χ2n) is 4.41. The van der Waals surface area contributed by atoms with Crippen LogP contribution >= 0.6 is 11.6 Å². The molecule has 1 aromatic rings. The van der Waals surface area contributed by atoms with E-state index in [1.54, 1.807) is 0 Å². The van der Waals surface area contributed by atoms with Crippen molar-refractivity contribution in [1.29, 1.82) is 0 Å². The highest BCUT2D eigenvalue weighted by atomic mass is 35.5. The highest BCUT2D eigenvalue weighted by molar-refractivity contribution is 6.30. The highest BCUT2D eigenvalue weighted by Crippen LogP contribution is 2.23. The van der Waals surface area contributed by atoms with Crippen LogP contribution in [0.15, 0.2) is 24.3 Å². The van der Waals surface area contributed by atoms with E-state index in [1.807, 2.05) is 18.2 Å². The van der Waals surface area contributed by atoms with Gasteiger partial charge in [0.05, 0.1) is 0 Å². The first-order valence-electron chi connectivity index (χ1n) is 5.68. The summed E-state index contributed by atoms with van der Waals surface area (Å²) < 4.78 is 0. The van der Waals surface area contributed by atoms with Crippen molar-refractivity contribution in [2.75, 3.05) is 33.2 Å². The van der Waals surface area contributed by atoms with E-state index in [-0.39, 0.29) is 6.04 Å². The number of hydrogen-bond acceptors (Lipinski definition) is 2. The quantitative estimate of drug-likeness (QED) is 0.780. The van der Waals surface area contributed by atoms with Gasteiger partial charge in [-0.25, -0.2) is 0 Å². The minimum absolute atomic E-state index is 0.215.